The average Bonchev–Trinajstić information content (AvgIpc) is 2.45. The minimum Gasteiger partial charge on any atom is -0.322 e. The Balaban J connectivity index is 1.82. The van der Waals surface area contributed by atoms with Crippen molar-refractivity contribution in [1.29, 1.82) is 0 Å². The van der Waals surface area contributed by atoms with Crippen molar-refractivity contribution in [1.82, 2.24) is 0 Å². The molecule has 0 aromatic heterocycles. The van der Waals surface area contributed by atoms with Gasteiger partial charge >= 0.3 is 0 Å². The quantitative estimate of drug-likeness (QED) is 0.817. The fourth-order valence-electron chi connectivity index (χ4n) is 2.70. The summed E-state index contributed by atoms with van der Waals surface area (Å²) in [6.45, 7) is 0. The van der Waals surface area contributed by atoms with Gasteiger partial charge in [-0.25, -0.2) is 0 Å². The van der Waals surface area contributed by atoms with Gasteiger partial charge in [0.2, 0.25) is 0 Å². The van der Waals surface area contributed by atoms with E-state index < -0.39 is 0 Å². The Morgan fingerprint density at radius 1 is 0.905 bits per heavy atom. The van der Waals surface area contributed by atoms with Crippen molar-refractivity contribution < 1.29 is 4.79 Å². The summed E-state index contributed by atoms with van der Waals surface area (Å²) >= 11 is 11.9. The number of rotatable bonds is 2. The molecule has 1 N–H and O–H groups in total. The van der Waals surface area contributed by atoms with Crippen LogP contribution in [-0.2, 0) is 12.8 Å². The number of fused-ring (bicyclic) bond motifs is 1. The number of halogens is 2. The molecule has 1 aliphatic rings. The van der Waals surface area contributed by atoms with E-state index in [1.54, 1.807) is 18.2 Å². The van der Waals surface area contributed by atoms with Crippen LogP contribution in [0.15, 0.2) is 36.4 Å². The second-order valence-corrected chi connectivity index (χ2v) is 6.18. The molecule has 0 radical (unpaired) electrons. The summed E-state index contributed by atoms with van der Waals surface area (Å²) in [5, 5.41) is 3.84. The van der Waals surface area contributed by atoms with Crippen LogP contribution in [0.3, 0.4) is 0 Å². The highest BCUT2D eigenvalue weighted by Gasteiger charge is 2.13. The van der Waals surface area contributed by atoms with Crippen LogP contribution in [0, 0.1) is 0 Å². The Kier molecular flexibility index (Phi) is 4.18. The van der Waals surface area contributed by atoms with E-state index >= 15 is 0 Å². The molecule has 21 heavy (non-hydrogen) atoms. The van der Waals surface area contributed by atoms with Crippen LogP contribution >= 0.6 is 23.2 Å². The number of nitrogens with one attached hydrogen (secondary N) is 1. The van der Waals surface area contributed by atoms with Gasteiger partial charge < -0.3 is 5.32 Å². The van der Waals surface area contributed by atoms with Crippen LogP contribution in [0.1, 0.15) is 34.3 Å². The molecule has 0 bridgehead atoms. The maximum absolute atomic E-state index is 12.3. The molecule has 0 unspecified atom stereocenters. The number of carbonyl (C=O) groups is 1. The molecular formula is C17H15Cl2NO. The van der Waals surface area contributed by atoms with Gasteiger partial charge in [0, 0.05) is 21.3 Å². The summed E-state index contributed by atoms with van der Waals surface area (Å²) in [7, 11) is 0. The van der Waals surface area contributed by atoms with Crippen LogP contribution in [0.5, 0.6) is 0 Å². The topological polar surface area (TPSA) is 29.1 Å². The predicted molar refractivity (Wildman–Crippen MR) is 87.5 cm³/mol. The fraction of sp³-hybridized carbons (Fsp3) is 0.235. The van der Waals surface area contributed by atoms with Gasteiger partial charge in [-0.3, -0.25) is 4.79 Å². The van der Waals surface area contributed by atoms with E-state index in [0.717, 1.165) is 12.8 Å². The minimum atomic E-state index is -0.137. The van der Waals surface area contributed by atoms with E-state index in [9.17, 15) is 4.79 Å². The summed E-state index contributed by atoms with van der Waals surface area (Å²) < 4.78 is 0. The lowest BCUT2D eigenvalue weighted by atomic mass is 9.90. The SMILES string of the molecule is O=C(Nc1cc(Cl)cc(Cl)c1)c1ccc2c(c1)CCCC2. The van der Waals surface area contributed by atoms with Crippen molar-refractivity contribution in [2.45, 2.75) is 25.7 Å². The van der Waals surface area contributed by atoms with E-state index in [2.05, 4.69) is 11.4 Å². The van der Waals surface area contributed by atoms with Gasteiger partial charge in [0.05, 0.1) is 0 Å². The largest absolute Gasteiger partial charge is 0.322 e. The van der Waals surface area contributed by atoms with Gasteiger partial charge in [0.1, 0.15) is 0 Å². The first kappa shape index (κ1) is 14.4. The van der Waals surface area contributed by atoms with Crippen molar-refractivity contribution in [3.63, 3.8) is 0 Å². The second kappa shape index (κ2) is 6.08. The Bertz CT molecular complexity index is 677. The van der Waals surface area contributed by atoms with Gasteiger partial charge in [0.25, 0.3) is 5.91 Å². The molecular weight excluding hydrogens is 305 g/mol. The molecule has 108 valence electrons. The first-order valence-corrected chi connectivity index (χ1v) is 7.77. The third kappa shape index (κ3) is 3.39. The van der Waals surface area contributed by atoms with Crippen molar-refractivity contribution in [3.8, 4) is 0 Å². The minimum absolute atomic E-state index is 0.137. The van der Waals surface area contributed by atoms with Crippen molar-refractivity contribution in [2.24, 2.45) is 0 Å². The third-order valence-electron chi connectivity index (χ3n) is 3.73. The van der Waals surface area contributed by atoms with E-state index in [1.165, 1.54) is 24.0 Å². The lowest BCUT2D eigenvalue weighted by Crippen LogP contribution is -2.13. The predicted octanol–water partition coefficient (Wildman–Crippen LogP) is 5.12. The molecule has 0 saturated heterocycles. The molecule has 1 amide bonds. The second-order valence-electron chi connectivity index (χ2n) is 5.30. The zero-order valence-corrected chi connectivity index (χ0v) is 13.0. The van der Waals surface area contributed by atoms with E-state index in [0.29, 0.717) is 21.3 Å². The third-order valence-corrected chi connectivity index (χ3v) is 4.17. The number of benzene rings is 2. The summed E-state index contributed by atoms with van der Waals surface area (Å²) in [4.78, 5) is 12.3. The van der Waals surface area contributed by atoms with Gasteiger partial charge in [-0.05, 0) is 67.1 Å². The molecule has 3 rings (SSSR count). The molecule has 0 heterocycles. The Morgan fingerprint density at radius 2 is 1.57 bits per heavy atom. The summed E-state index contributed by atoms with van der Waals surface area (Å²) in [6, 6.07) is 10.9. The zero-order chi connectivity index (χ0) is 14.8. The highest BCUT2D eigenvalue weighted by Crippen LogP contribution is 2.25. The monoisotopic (exact) mass is 319 g/mol. The Hall–Kier alpha value is -1.51. The van der Waals surface area contributed by atoms with Crippen molar-refractivity contribution >= 4 is 34.8 Å². The van der Waals surface area contributed by atoms with Crippen LogP contribution in [-0.4, -0.2) is 5.91 Å². The first-order chi connectivity index (χ1) is 10.1. The first-order valence-electron chi connectivity index (χ1n) is 7.01. The Morgan fingerprint density at radius 3 is 2.29 bits per heavy atom. The smallest absolute Gasteiger partial charge is 0.255 e. The van der Waals surface area contributed by atoms with Crippen molar-refractivity contribution in [3.05, 3.63) is 63.1 Å². The molecule has 2 nitrogen and oxygen atoms in total. The number of amides is 1. The molecule has 0 spiro atoms. The number of anilines is 1. The molecule has 1 aliphatic carbocycles. The van der Waals surface area contributed by atoms with E-state index in [1.807, 2.05) is 12.1 Å². The lowest BCUT2D eigenvalue weighted by Gasteiger charge is -2.16. The van der Waals surface area contributed by atoms with Gasteiger partial charge in [-0.1, -0.05) is 29.3 Å². The summed E-state index contributed by atoms with van der Waals surface area (Å²) in [5.41, 5.74) is 3.93. The standard InChI is InChI=1S/C17H15Cl2NO/c18-14-8-15(19)10-16(9-14)20-17(21)13-6-5-11-3-1-2-4-12(11)7-13/h5-10H,1-4H2,(H,20,21). The highest BCUT2D eigenvalue weighted by molar-refractivity contribution is 6.35. The zero-order valence-electron chi connectivity index (χ0n) is 11.5. The van der Waals surface area contributed by atoms with Crippen LogP contribution < -0.4 is 5.32 Å². The molecule has 2 aromatic rings. The summed E-state index contributed by atoms with van der Waals surface area (Å²) in [6.07, 6.45) is 4.60. The van der Waals surface area contributed by atoms with E-state index in [4.69, 9.17) is 23.2 Å². The average molecular weight is 320 g/mol. The number of hydrogen-bond acceptors (Lipinski definition) is 1. The molecule has 4 heteroatoms. The Labute approximate surface area is 134 Å². The number of aryl methyl sites for hydroxylation is 2. The summed E-state index contributed by atoms with van der Waals surface area (Å²) in [5.74, 6) is -0.137. The van der Waals surface area contributed by atoms with Gasteiger partial charge in [-0.15, -0.1) is 0 Å². The molecule has 2 aromatic carbocycles. The fourth-order valence-corrected chi connectivity index (χ4v) is 3.23. The molecule has 0 saturated carbocycles. The maximum Gasteiger partial charge on any atom is 0.255 e. The molecule has 0 aliphatic heterocycles. The molecule has 0 atom stereocenters. The van der Waals surface area contributed by atoms with Crippen LogP contribution in [0.4, 0.5) is 5.69 Å². The van der Waals surface area contributed by atoms with Gasteiger partial charge in [0.15, 0.2) is 0 Å². The lowest BCUT2D eigenvalue weighted by molar-refractivity contribution is 0.102. The highest BCUT2D eigenvalue weighted by atomic mass is 35.5. The maximum atomic E-state index is 12.3. The molecule has 0 fully saturated rings. The number of carbonyl (C=O) groups excluding carboxylic acids is 1. The van der Waals surface area contributed by atoms with Crippen LogP contribution in [0.2, 0.25) is 10.0 Å². The van der Waals surface area contributed by atoms with Gasteiger partial charge in [-0.2, -0.15) is 0 Å². The van der Waals surface area contributed by atoms with E-state index in [-0.39, 0.29) is 5.91 Å². The normalized spacial score (nSPS) is 13.6. The number of hydrogen-bond donors (Lipinski definition) is 1. The van der Waals surface area contributed by atoms with Crippen LogP contribution in [0.25, 0.3) is 0 Å². The van der Waals surface area contributed by atoms with Crippen molar-refractivity contribution in [2.75, 3.05) is 5.32 Å².